The number of aromatic nitrogens is 4. The summed E-state index contributed by atoms with van der Waals surface area (Å²) in [5, 5.41) is 0. The van der Waals surface area contributed by atoms with Crippen LogP contribution in [0.3, 0.4) is 0 Å². The minimum Gasteiger partial charge on any atom is -0.809 e. The fourth-order valence-electron chi connectivity index (χ4n) is 1.40. The summed E-state index contributed by atoms with van der Waals surface area (Å²) in [4.78, 5) is 32.5. The number of hydrogen-bond donors (Lipinski definition) is 1. The fraction of sp³-hybridized carbons (Fsp3) is 0.375. The number of anilines is 1. The van der Waals surface area contributed by atoms with Crippen molar-refractivity contribution in [3.05, 3.63) is 12.7 Å². The van der Waals surface area contributed by atoms with Crippen LogP contribution in [0.5, 0.6) is 0 Å². The first-order valence-corrected chi connectivity index (χ1v) is 6.70. The summed E-state index contributed by atoms with van der Waals surface area (Å²) in [6.45, 7) is 0.372. The predicted octanol–water partition coefficient (Wildman–Crippen LogP) is -7.70. The molecule has 0 saturated heterocycles. The number of nitrogens with two attached hydrogens (primary N) is 1. The van der Waals surface area contributed by atoms with Gasteiger partial charge >= 0.3 is 59.1 Å². The Morgan fingerprint density at radius 3 is 2.65 bits per heavy atom. The quantitative estimate of drug-likeness (QED) is 0.325. The van der Waals surface area contributed by atoms with Gasteiger partial charge < -0.3 is 29.4 Å². The fourth-order valence-corrected chi connectivity index (χ4v) is 1.75. The minimum atomic E-state index is -4.62. The Kier molecular flexibility index (Phi) is 9.00. The van der Waals surface area contributed by atoms with Crippen molar-refractivity contribution in [1.29, 1.82) is 0 Å². The maximum atomic E-state index is 10.3. The number of ether oxygens (including phenoxy) is 1. The molecule has 0 saturated carbocycles. The van der Waals surface area contributed by atoms with Crippen LogP contribution in [0.2, 0.25) is 0 Å². The van der Waals surface area contributed by atoms with Gasteiger partial charge in [-0.1, -0.05) is 0 Å². The predicted molar refractivity (Wildman–Crippen MR) is 58.2 cm³/mol. The van der Waals surface area contributed by atoms with Crippen molar-refractivity contribution in [1.82, 2.24) is 19.5 Å². The molecule has 0 radical (unpaired) electrons. The Labute approximate surface area is 159 Å². The van der Waals surface area contributed by atoms with E-state index in [2.05, 4.69) is 15.0 Å². The molecule has 12 heteroatoms. The summed E-state index contributed by atoms with van der Waals surface area (Å²) in [5.74, 6) is 0.267. The summed E-state index contributed by atoms with van der Waals surface area (Å²) in [6, 6.07) is 0. The van der Waals surface area contributed by atoms with Gasteiger partial charge in [-0.2, -0.15) is 0 Å². The monoisotopic (exact) mass is 317 g/mol. The smallest absolute Gasteiger partial charge is 0.809 e. The number of nitrogen functional groups attached to an aromatic ring is 1. The molecule has 2 heterocycles. The second kappa shape index (κ2) is 8.79. The second-order valence-electron chi connectivity index (χ2n) is 3.52. The molecule has 0 unspecified atom stereocenters. The zero-order valence-electron chi connectivity index (χ0n) is 11.2. The van der Waals surface area contributed by atoms with E-state index in [4.69, 9.17) is 10.5 Å². The van der Waals surface area contributed by atoms with Crippen LogP contribution in [0.1, 0.15) is 0 Å². The Morgan fingerprint density at radius 1 is 1.30 bits per heavy atom. The molecule has 0 aliphatic rings. The van der Waals surface area contributed by atoms with Crippen LogP contribution in [0.25, 0.3) is 11.2 Å². The van der Waals surface area contributed by atoms with Crippen LogP contribution in [-0.4, -0.2) is 32.5 Å². The molecule has 2 aromatic heterocycles. The number of fused-ring (bicyclic) bond motifs is 1. The third kappa shape index (κ3) is 5.69. The molecule has 2 N–H and O–H groups in total. The molecule has 2 rings (SSSR count). The van der Waals surface area contributed by atoms with Gasteiger partial charge in [0.05, 0.1) is 19.3 Å². The van der Waals surface area contributed by atoms with E-state index in [0.29, 0.717) is 17.7 Å². The number of nitrogens with zero attached hydrogens (tertiary/aromatic N) is 4. The van der Waals surface area contributed by atoms with E-state index in [1.165, 1.54) is 12.7 Å². The van der Waals surface area contributed by atoms with Crippen LogP contribution >= 0.6 is 7.60 Å². The second-order valence-corrected chi connectivity index (χ2v) is 5.00. The largest absolute Gasteiger partial charge is 1.00 e. The van der Waals surface area contributed by atoms with Crippen LogP contribution in [0.4, 0.5) is 5.82 Å². The van der Waals surface area contributed by atoms with Crippen molar-refractivity contribution >= 4 is 24.6 Å². The molecular weight excluding hydrogens is 307 g/mol. The summed E-state index contributed by atoms with van der Waals surface area (Å²) in [7, 11) is -4.62. The first kappa shape index (κ1) is 20.5. The molecule has 0 fully saturated rings. The van der Waals surface area contributed by atoms with E-state index in [1.54, 1.807) is 4.57 Å². The van der Waals surface area contributed by atoms with Gasteiger partial charge in [0.1, 0.15) is 11.8 Å². The normalized spacial score (nSPS) is 10.9. The maximum Gasteiger partial charge on any atom is 1.00 e. The minimum absolute atomic E-state index is 0. The zero-order chi connectivity index (χ0) is 13.2. The van der Waals surface area contributed by atoms with Crippen LogP contribution in [0.15, 0.2) is 12.7 Å². The van der Waals surface area contributed by atoms with Gasteiger partial charge in [0.2, 0.25) is 0 Å². The zero-order valence-corrected chi connectivity index (χ0v) is 16.1. The van der Waals surface area contributed by atoms with Gasteiger partial charge in [-0.15, -0.1) is 0 Å². The Bertz CT molecular complexity index is 604. The molecule has 0 aromatic carbocycles. The molecule has 98 valence electrons. The number of hydrogen-bond acceptors (Lipinski definition) is 8. The first-order chi connectivity index (χ1) is 8.47. The molecule has 0 bridgehead atoms. The topological polar surface area (TPSA) is 142 Å². The molecule has 2 aromatic rings. The van der Waals surface area contributed by atoms with Crippen molar-refractivity contribution in [3.63, 3.8) is 0 Å². The SMILES string of the molecule is Nc1ncnc2c1ncn2CCOCP(=O)([O-])[O-].[Na+].[Na+]. The summed E-state index contributed by atoms with van der Waals surface area (Å²) in [6.07, 6.45) is 1.98. The Balaban J connectivity index is 0.00000180. The molecule has 0 amide bonds. The molecule has 0 aliphatic heterocycles. The standard InChI is InChI=1S/C8H12N5O4P.2Na/c9-7-6-8(11-3-10-7)13(4-12-6)1-2-17-5-18(14,15)16;;/h3-4H,1-2,5H2,(H2,9,10,11)(H2,14,15,16);;/q;2*+1/p-2. The van der Waals surface area contributed by atoms with Crippen molar-refractivity contribution in [3.8, 4) is 0 Å². The van der Waals surface area contributed by atoms with E-state index >= 15 is 0 Å². The first-order valence-electron chi connectivity index (χ1n) is 4.97. The third-order valence-corrected chi connectivity index (χ3v) is 2.65. The van der Waals surface area contributed by atoms with Crippen molar-refractivity contribution in [2.24, 2.45) is 0 Å². The third-order valence-electron chi connectivity index (χ3n) is 2.16. The van der Waals surface area contributed by atoms with E-state index in [-0.39, 0.29) is 71.5 Å². The van der Waals surface area contributed by atoms with Crippen molar-refractivity contribution < 1.29 is 78.2 Å². The van der Waals surface area contributed by atoms with Gasteiger partial charge in [-0.05, 0) is 7.60 Å². The van der Waals surface area contributed by atoms with Gasteiger partial charge in [-0.3, -0.25) is 0 Å². The van der Waals surface area contributed by atoms with E-state index in [0.717, 1.165) is 0 Å². The molecule has 0 atom stereocenters. The maximum absolute atomic E-state index is 10.3. The number of imidazole rings is 1. The van der Waals surface area contributed by atoms with E-state index < -0.39 is 13.9 Å². The van der Waals surface area contributed by atoms with Crippen LogP contribution < -0.4 is 74.6 Å². The van der Waals surface area contributed by atoms with Crippen molar-refractivity contribution in [2.45, 2.75) is 6.54 Å². The van der Waals surface area contributed by atoms with Gasteiger partial charge in [-0.25, -0.2) is 15.0 Å². The molecular formula is C8H10N5Na2O4P. The molecule has 0 aliphatic carbocycles. The van der Waals surface area contributed by atoms with Gasteiger partial charge in [0.25, 0.3) is 0 Å². The molecule has 20 heavy (non-hydrogen) atoms. The summed E-state index contributed by atoms with van der Waals surface area (Å²) < 4.78 is 16.7. The van der Waals surface area contributed by atoms with E-state index in [1.807, 2.05) is 0 Å². The number of rotatable bonds is 5. The molecule has 0 spiro atoms. The summed E-state index contributed by atoms with van der Waals surface area (Å²) >= 11 is 0. The Hall–Kier alpha value is 0.460. The van der Waals surface area contributed by atoms with Gasteiger partial charge in [0.15, 0.2) is 11.5 Å². The Morgan fingerprint density at radius 2 is 2.00 bits per heavy atom. The average molecular weight is 317 g/mol. The molecule has 9 nitrogen and oxygen atoms in total. The van der Waals surface area contributed by atoms with Crippen LogP contribution in [-0.2, 0) is 15.8 Å². The van der Waals surface area contributed by atoms with E-state index in [9.17, 15) is 14.4 Å². The summed E-state index contributed by atoms with van der Waals surface area (Å²) in [5.41, 5.74) is 6.60. The van der Waals surface area contributed by atoms with Crippen molar-refractivity contribution in [2.75, 3.05) is 18.7 Å². The van der Waals surface area contributed by atoms with Gasteiger partial charge in [0, 0.05) is 6.54 Å². The average Bonchev–Trinajstić information content (AvgIpc) is 2.68. The van der Waals surface area contributed by atoms with Crippen LogP contribution in [0, 0.1) is 0 Å².